The number of carbonyl (C=O) groups excluding carboxylic acids is 1. The Bertz CT molecular complexity index is 476. The Morgan fingerprint density at radius 2 is 2.11 bits per heavy atom. The van der Waals surface area contributed by atoms with E-state index in [9.17, 15) is 14.9 Å². The quantitative estimate of drug-likeness (QED) is 0.638. The lowest BCUT2D eigenvalue weighted by atomic mass is 10.0. The van der Waals surface area contributed by atoms with Crippen molar-refractivity contribution >= 4 is 17.3 Å². The molecule has 0 spiro atoms. The lowest BCUT2D eigenvalue weighted by molar-refractivity contribution is -0.384. The summed E-state index contributed by atoms with van der Waals surface area (Å²) in [7, 11) is 0. The van der Waals surface area contributed by atoms with Gasteiger partial charge in [-0.3, -0.25) is 14.9 Å². The van der Waals surface area contributed by atoms with Crippen molar-refractivity contribution in [1.82, 2.24) is 0 Å². The summed E-state index contributed by atoms with van der Waals surface area (Å²) in [5, 5.41) is 21.8. The largest absolute Gasteiger partial charge is 0.325 e. The number of rotatable bonds is 5. The van der Waals surface area contributed by atoms with Gasteiger partial charge < -0.3 is 5.32 Å². The third kappa shape index (κ3) is 3.56. The molecule has 1 aromatic rings. The fourth-order valence-corrected chi connectivity index (χ4v) is 1.44. The van der Waals surface area contributed by atoms with Gasteiger partial charge in [0.1, 0.15) is 5.92 Å². The van der Waals surface area contributed by atoms with Gasteiger partial charge in [0.25, 0.3) is 5.69 Å². The molecule has 0 aromatic heterocycles. The number of nitro benzene ring substituents is 1. The van der Waals surface area contributed by atoms with E-state index in [-0.39, 0.29) is 11.6 Å². The molecule has 6 nitrogen and oxygen atoms in total. The Kier molecular flexibility index (Phi) is 4.81. The van der Waals surface area contributed by atoms with Crippen LogP contribution in [0.25, 0.3) is 0 Å². The molecular formula is C12H13N3O3. The predicted molar refractivity (Wildman–Crippen MR) is 65.7 cm³/mol. The molecule has 1 atom stereocenters. The first-order valence-electron chi connectivity index (χ1n) is 5.53. The van der Waals surface area contributed by atoms with Gasteiger partial charge in [-0.05, 0) is 18.6 Å². The normalized spacial score (nSPS) is 11.3. The molecule has 1 rings (SSSR count). The maximum atomic E-state index is 11.7. The van der Waals surface area contributed by atoms with Gasteiger partial charge in [0.15, 0.2) is 0 Å². The number of hydrogen-bond donors (Lipinski definition) is 1. The smallest absolute Gasteiger partial charge is 0.269 e. The van der Waals surface area contributed by atoms with E-state index in [0.29, 0.717) is 12.1 Å². The lowest BCUT2D eigenvalue weighted by Gasteiger charge is -2.08. The van der Waals surface area contributed by atoms with Crippen molar-refractivity contribution in [1.29, 1.82) is 5.26 Å². The molecule has 0 bridgehead atoms. The summed E-state index contributed by atoms with van der Waals surface area (Å²) in [6.45, 7) is 1.89. The highest BCUT2D eigenvalue weighted by Crippen LogP contribution is 2.16. The van der Waals surface area contributed by atoms with Crippen molar-refractivity contribution in [3.05, 3.63) is 34.4 Å². The van der Waals surface area contributed by atoms with Crippen LogP contribution in [0.5, 0.6) is 0 Å². The Morgan fingerprint density at radius 1 is 1.50 bits per heavy atom. The molecule has 1 amide bonds. The van der Waals surface area contributed by atoms with Gasteiger partial charge in [-0.25, -0.2) is 0 Å². The number of amides is 1. The molecule has 0 saturated heterocycles. The number of hydrogen-bond acceptors (Lipinski definition) is 4. The molecule has 0 aliphatic heterocycles. The summed E-state index contributed by atoms with van der Waals surface area (Å²) in [6.07, 6.45) is 1.24. The minimum atomic E-state index is -0.690. The zero-order chi connectivity index (χ0) is 13.5. The zero-order valence-corrected chi connectivity index (χ0v) is 9.92. The van der Waals surface area contributed by atoms with E-state index in [1.807, 2.05) is 13.0 Å². The van der Waals surface area contributed by atoms with Crippen molar-refractivity contribution < 1.29 is 9.72 Å². The molecule has 0 aliphatic carbocycles. The van der Waals surface area contributed by atoms with Crippen molar-refractivity contribution in [3.8, 4) is 6.07 Å². The molecule has 1 unspecified atom stereocenters. The zero-order valence-electron chi connectivity index (χ0n) is 9.92. The van der Waals surface area contributed by atoms with E-state index >= 15 is 0 Å². The van der Waals surface area contributed by atoms with Gasteiger partial charge in [-0.1, -0.05) is 13.3 Å². The second kappa shape index (κ2) is 6.35. The molecule has 0 heterocycles. The van der Waals surface area contributed by atoms with Crippen LogP contribution in [0.15, 0.2) is 24.3 Å². The standard InChI is InChI=1S/C12H13N3O3/c1-2-3-9(8-13)12(16)14-10-4-6-11(7-5-10)15(17)18/h4-7,9H,2-3H2,1H3,(H,14,16). The van der Waals surface area contributed by atoms with Crippen LogP contribution in [0.2, 0.25) is 0 Å². The SMILES string of the molecule is CCCC(C#N)C(=O)Nc1ccc([N+](=O)[O-])cc1. The molecule has 18 heavy (non-hydrogen) atoms. The number of benzene rings is 1. The fourth-order valence-electron chi connectivity index (χ4n) is 1.44. The number of non-ortho nitro benzene ring substituents is 1. The van der Waals surface area contributed by atoms with Crippen molar-refractivity contribution in [2.24, 2.45) is 5.92 Å². The second-order valence-electron chi connectivity index (χ2n) is 3.76. The first-order chi connectivity index (χ1) is 8.58. The molecule has 6 heteroatoms. The maximum absolute atomic E-state index is 11.7. The van der Waals surface area contributed by atoms with Crippen LogP contribution in [-0.4, -0.2) is 10.8 Å². The average Bonchev–Trinajstić information content (AvgIpc) is 2.36. The van der Waals surface area contributed by atoms with Gasteiger partial charge in [0.2, 0.25) is 5.91 Å². The van der Waals surface area contributed by atoms with E-state index in [0.717, 1.165) is 6.42 Å². The van der Waals surface area contributed by atoms with Crippen LogP contribution in [0.1, 0.15) is 19.8 Å². The van der Waals surface area contributed by atoms with E-state index in [2.05, 4.69) is 5.32 Å². The molecule has 0 radical (unpaired) electrons. The van der Waals surface area contributed by atoms with Crippen LogP contribution in [0.4, 0.5) is 11.4 Å². The maximum Gasteiger partial charge on any atom is 0.269 e. The van der Waals surface area contributed by atoms with E-state index in [1.54, 1.807) is 0 Å². The second-order valence-corrected chi connectivity index (χ2v) is 3.76. The van der Waals surface area contributed by atoms with Crippen molar-refractivity contribution in [2.45, 2.75) is 19.8 Å². The number of nitro groups is 1. The summed E-state index contributed by atoms with van der Waals surface area (Å²) >= 11 is 0. The van der Waals surface area contributed by atoms with Crippen molar-refractivity contribution in [3.63, 3.8) is 0 Å². The Labute approximate surface area is 104 Å². The monoisotopic (exact) mass is 247 g/mol. The molecule has 1 N–H and O–H groups in total. The summed E-state index contributed by atoms with van der Waals surface area (Å²) < 4.78 is 0. The van der Waals surface area contributed by atoms with E-state index in [4.69, 9.17) is 5.26 Å². The minimum absolute atomic E-state index is 0.0432. The van der Waals surface area contributed by atoms with E-state index < -0.39 is 10.8 Å². The third-order valence-electron chi connectivity index (χ3n) is 2.40. The summed E-state index contributed by atoms with van der Waals surface area (Å²) in [4.78, 5) is 21.6. The summed E-state index contributed by atoms with van der Waals surface area (Å²) in [5.74, 6) is -1.07. The highest BCUT2D eigenvalue weighted by atomic mass is 16.6. The number of carbonyl (C=O) groups is 1. The topological polar surface area (TPSA) is 96.0 Å². The van der Waals surface area contributed by atoms with Gasteiger partial charge in [0, 0.05) is 17.8 Å². The number of nitrogens with zero attached hydrogens (tertiary/aromatic N) is 2. The van der Waals surface area contributed by atoms with Crippen LogP contribution in [0.3, 0.4) is 0 Å². The fraction of sp³-hybridized carbons (Fsp3) is 0.333. The van der Waals surface area contributed by atoms with Crippen LogP contribution < -0.4 is 5.32 Å². The van der Waals surface area contributed by atoms with Crippen molar-refractivity contribution in [2.75, 3.05) is 5.32 Å². The molecule has 94 valence electrons. The Hall–Kier alpha value is -2.42. The van der Waals surface area contributed by atoms with Crippen LogP contribution >= 0.6 is 0 Å². The minimum Gasteiger partial charge on any atom is -0.325 e. The summed E-state index contributed by atoms with van der Waals surface area (Å²) in [6, 6.07) is 7.42. The summed E-state index contributed by atoms with van der Waals surface area (Å²) in [5.41, 5.74) is 0.403. The third-order valence-corrected chi connectivity index (χ3v) is 2.40. The Morgan fingerprint density at radius 3 is 2.56 bits per heavy atom. The van der Waals surface area contributed by atoms with Gasteiger partial charge in [-0.15, -0.1) is 0 Å². The highest BCUT2D eigenvalue weighted by Gasteiger charge is 2.16. The van der Waals surface area contributed by atoms with Gasteiger partial charge in [-0.2, -0.15) is 5.26 Å². The molecule has 0 fully saturated rings. The number of nitrogens with one attached hydrogen (secondary N) is 1. The average molecular weight is 247 g/mol. The van der Waals surface area contributed by atoms with Crippen LogP contribution in [-0.2, 0) is 4.79 Å². The highest BCUT2D eigenvalue weighted by molar-refractivity contribution is 5.94. The lowest BCUT2D eigenvalue weighted by Crippen LogP contribution is -2.21. The molecule has 0 saturated carbocycles. The molecule has 1 aromatic carbocycles. The molecular weight excluding hydrogens is 234 g/mol. The number of anilines is 1. The first kappa shape index (κ1) is 13.6. The molecule has 0 aliphatic rings. The van der Waals surface area contributed by atoms with E-state index in [1.165, 1.54) is 24.3 Å². The Balaban J connectivity index is 2.70. The van der Waals surface area contributed by atoms with Gasteiger partial charge >= 0.3 is 0 Å². The first-order valence-corrected chi connectivity index (χ1v) is 5.53. The van der Waals surface area contributed by atoms with Gasteiger partial charge in [0.05, 0.1) is 11.0 Å². The van der Waals surface area contributed by atoms with Crippen LogP contribution in [0, 0.1) is 27.4 Å². The predicted octanol–water partition coefficient (Wildman–Crippen LogP) is 2.47. The number of nitriles is 1.